The van der Waals surface area contributed by atoms with Crippen LogP contribution in [0.15, 0.2) is 194 Å². The number of rotatable bonds is 11. The number of hydrogen-bond donors (Lipinski definition) is 1. The summed E-state index contributed by atoms with van der Waals surface area (Å²) in [5.74, 6) is 1.02. The Kier molecular flexibility index (Phi) is 14.3. The minimum atomic E-state index is -0.299. The number of hydroxylamine groups is 1. The molecule has 0 saturated carbocycles. The number of amides is 1. The third-order valence-electron chi connectivity index (χ3n) is 5.29. The lowest BCUT2D eigenvalue weighted by Gasteiger charge is -2.03. The molecule has 1 amide bonds. The SMILES string of the molecule is C(=CC(=NOc1ccccc1)Sc1ccccc1)Sc1ccccc1.O=C(C=CSc1ccccc1)NOc1ccccc1. The first-order valence-corrected chi connectivity index (χ1v) is 16.1. The standard InChI is InChI=1S/C21H17NOS2.C15H13NO2S/c1-4-10-18(11-5-1)23-22-21(25-20-14-8-3-9-15-20)16-17-24-19-12-6-2-7-13-19;17-15(16-18-13-7-3-1-4-8-13)11-12-19-14-9-5-2-6-10-14/h1-17H;1-12H,(H,16,17). The van der Waals surface area contributed by atoms with Crippen molar-refractivity contribution in [1.82, 2.24) is 5.48 Å². The van der Waals surface area contributed by atoms with Crippen molar-refractivity contribution in [3.63, 3.8) is 0 Å². The van der Waals surface area contributed by atoms with Gasteiger partial charge >= 0.3 is 0 Å². The Labute approximate surface area is 271 Å². The average Bonchev–Trinajstić information content (AvgIpc) is 3.09. The van der Waals surface area contributed by atoms with Crippen molar-refractivity contribution in [3.8, 4) is 11.5 Å². The topological polar surface area (TPSA) is 59.9 Å². The molecule has 8 heteroatoms. The van der Waals surface area contributed by atoms with E-state index in [1.54, 1.807) is 41.1 Å². The Morgan fingerprint density at radius 1 is 0.545 bits per heavy atom. The Hall–Kier alpha value is -4.63. The number of nitrogens with one attached hydrogen (secondary N) is 1. The van der Waals surface area contributed by atoms with Gasteiger partial charge in [-0.15, -0.1) is 0 Å². The largest absolute Gasteiger partial charge is 0.379 e. The quantitative estimate of drug-likeness (QED) is 0.0513. The summed E-state index contributed by atoms with van der Waals surface area (Å²) in [6.07, 6.45) is 3.40. The number of carbonyl (C=O) groups is 1. The first kappa shape index (κ1) is 32.3. The second-order valence-corrected chi connectivity index (χ2v) is 11.7. The molecule has 5 rings (SSSR count). The highest BCUT2D eigenvalue weighted by atomic mass is 32.2. The zero-order valence-corrected chi connectivity index (χ0v) is 26.1. The van der Waals surface area contributed by atoms with Crippen LogP contribution in [0.2, 0.25) is 0 Å². The van der Waals surface area contributed by atoms with Gasteiger partial charge in [0, 0.05) is 20.8 Å². The molecule has 44 heavy (non-hydrogen) atoms. The summed E-state index contributed by atoms with van der Waals surface area (Å²) < 4.78 is 0. The highest BCUT2D eigenvalue weighted by Gasteiger charge is 2.01. The molecule has 5 aromatic rings. The Balaban J connectivity index is 0.000000209. The van der Waals surface area contributed by atoms with Crippen LogP contribution < -0.4 is 15.2 Å². The van der Waals surface area contributed by atoms with Crippen LogP contribution in [-0.4, -0.2) is 11.0 Å². The first-order valence-electron chi connectivity index (χ1n) is 13.6. The van der Waals surface area contributed by atoms with Gasteiger partial charge in [0.25, 0.3) is 5.91 Å². The molecule has 1 N–H and O–H groups in total. The third kappa shape index (κ3) is 13.1. The molecular weight excluding hydrogens is 605 g/mol. The molecular formula is C36H30N2O3S3. The van der Waals surface area contributed by atoms with Crippen molar-refractivity contribution in [2.45, 2.75) is 14.7 Å². The second-order valence-electron chi connectivity index (χ2n) is 8.60. The molecule has 0 aromatic heterocycles. The molecule has 0 aliphatic rings. The van der Waals surface area contributed by atoms with E-state index >= 15 is 0 Å². The number of para-hydroxylation sites is 2. The van der Waals surface area contributed by atoms with E-state index < -0.39 is 0 Å². The monoisotopic (exact) mass is 634 g/mol. The van der Waals surface area contributed by atoms with Crippen molar-refractivity contribution < 1.29 is 14.5 Å². The number of thioether (sulfide) groups is 3. The molecule has 0 radical (unpaired) electrons. The number of carbonyl (C=O) groups excluding carboxylic acids is 1. The van der Waals surface area contributed by atoms with Crippen molar-refractivity contribution >= 4 is 46.2 Å². The summed E-state index contributed by atoms with van der Waals surface area (Å²) in [6, 6.07) is 48.9. The van der Waals surface area contributed by atoms with Gasteiger partial charge in [-0.3, -0.25) is 4.79 Å². The number of oxime groups is 1. The maximum Gasteiger partial charge on any atom is 0.277 e. The zero-order valence-electron chi connectivity index (χ0n) is 23.6. The predicted octanol–water partition coefficient (Wildman–Crippen LogP) is 9.88. The second kappa shape index (κ2) is 19.5. The van der Waals surface area contributed by atoms with Gasteiger partial charge in [-0.05, 0) is 77.6 Å². The zero-order chi connectivity index (χ0) is 30.5. The number of benzene rings is 5. The van der Waals surface area contributed by atoms with Crippen molar-refractivity contribution in [2.24, 2.45) is 5.16 Å². The van der Waals surface area contributed by atoms with Crippen LogP contribution >= 0.6 is 35.3 Å². The fourth-order valence-electron chi connectivity index (χ4n) is 3.25. The fraction of sp³-hybridized carbons (Fsp3) is 0. The van der Waals surface area contributed by atoms with Crippen LogP contribution in [0, 0.1) is 0 Å². The predicted molar refractivity (Wildman–Crippen MR) is 185 cm³/mol. The van der Waals surface area contributed by atoms with Crippen molar-refractivity contribution in [2.75, 3.05) is 0 Å². The molecule has 0 saturated heterocycles. The summed E-state index contributed by atoms with van der Waals surface area (Å²) in [7, 11) is 0. The highest BCUT2D eigenvalue weighted by Crippen LogP contribution is 2.24. The Morgan fingerprint density at radius 3 is 1.50 bits per heavy atom. The minimum absolute atomic E-state index is 0.299. The van der Waals surface area contributed by atoms with Gasteiger partial charge in [-0.25, -0.2) is 0 Å². The number of nitrogens with zero attached hydrogens (tertiary/aromatic N) is 1. The van der Waals surface area contributed by atoms with Crippen LogP contribution in [0.1, 0.15) is 0 Å². The third-order valence-corrected chi connectivity index (χ3v) is 7.85. The molecule has 0 spiro atoms. The lowest BCUT2D eigenvalue weighted by atomic mass is 10.3. The van der Waals surface area contributed by atoms with Crippen LogP contribution in [0.3, 0.4) is 0 Å². The van der Waals surface area contributed by atoms with Gasteiger partial charge in [0.1, 0.15) is 5.04 Å². The van der Waals surface area contributed by atoms with E-state index in [0.717, 1.165) is 20.6 Å². The van der Waals surface area contributed by atoms with Crippen molar-refractivity contribution in [3.05, 3.63) is 175 Å². The molecule has 0 heterocycles. The Morgan fingerprint density at radius 2 is 0.977 bits per heavy atom. The molecule has 0 fully saturated rings. The van der Waals surface area contributed by atoms with Crippen LogP contribution in [-0.2, 0) is 4.79 Å². The molecule has 220 valence electrons. The maximum absolute atomic E-state index is 11.5. The maximum atomic E-state index is 11.5. The molecule has 5 nitrogen and oxygen atoms in total. The Bertz CT molecular complexity index is 1600. The van der Waals surface area contributed by atoms with Gasteiger partial charge in [0.05, 0.1) is 0 Å². The van der Waals surface area contributed by atoms with E-state index in [1.807, 2.05) is 127 Å². The van der Waals surface area contributed by atoms with Gasteiger partial charge in [-0.2, -0.15) is 5.48 Å². The lowest BCUT2D eigenvalue weighted by Crippen LogP contribution is -2.24. The molecule has 0 unspecified atom stereocenters. The summed E-state index contributed by atoms with van der Waals surface area (Å²) in [5.41, 5.74) is 2.35. The van der Waals surface area contributed by atoms with E-state index in [4.69, 9.17) is 9.68 Å². The van der Waals surface area contributed by atoms with E-state index in [0.29, 0.717) is 5.75 Å². The summed E-state index contributed by atoms with van der Waals surface area (Å²) in [6.45, 7) is 0. The fourth-order valence-corrected chi connectivity index (χ4v) is 5.41. The van der Waals surface area contributed by atoms with E-state index in [9.17, 15) is 4.79 Å². The summed E-state index contributed by atoms with van der Waals surface area (Å²) >= 11 is 4.69. The molecule has 0 bridgehead atoms. The van der Waals surface area contributed by atoms with Gasteiger partial charge < -0.3 is 9.68 Å². The number of hydrogen-bond acceptors (Lipinski definition) is 7. The first-order chi connectivity index (χ1) is 21.7. The van der Waals surface area contributed by atoms with Gasteiger partial charge in [0.2, 0.25) is 0 Å². The van der Waals surface area contributed by atoms with E-state index in [-0.39, 0.29) is 5.91 Å². The minimum Gasteiger partial charge on any atom is -0.379 e. The molecule has 5 aromatic carbocycles. The molecule has 0 aliphatic carbocycles. The summed E-state index contributed by atoms with van der Waals surface area (Å²) in [4.78, 5) is 25.5. The van der Waals surface area contributed by atoms with Crippen LogP contribution in [0.4, 0.5) is 0 Å². The van der Waals surface area contributed by atoms with Crippen LogP contribution in [0.25, 0.3) is 0 Å². The van der Waals surface area contributed by atoms with E-state index in [2.05, 4.69) is 34.9 Å². The van der Waals surface area contributed by atoms with Gasteiger partial charge in [0.15, 0.2) is 11.5 Å². The lowest BCUT2D eigenvalue weighted by molar-refractivity contribution is -0.122. The van der Waals surface area contributed by atoms with Crippen molar-refractivity contribution in [1.29, 1.82) is 0 Å². The average molecular weight is 635 g/mol. The smallest absolute Gasteiger partial charge is 0.277 e. The van der Waals surface area contributed by atoms with Gasteiger partial charge in [-0.1, -0.05) is 131 Å². The highest BCUT2D eigenvalue weighted by molar-refractivity contribution is 8.14. The summed E-state index contributed by atoms with van der Waals surface area (Å²) in [5, 5.41) is 8.84. The molecule has 0 aliphatic heterocycles. The normalized spacial score (nSPS) is 11.0. The molecule has 0 atom stereocenters. The van der Waals surface area contributed by atoms with Crippen LogP contribution in [0.5, 0.6) is 11.5 Å². The van der Waals surface area contributed by atoms with E-state index in [1.165, 1.54) is 22.7 Å².